The number of hydrogen-bond donors (Lipinski definition) is 2. The number of anilines is 1. The highest BCUT2D eigenvalue weighted by Gasteiger charge is 2.15. The number of carbonyl (C=O) groups excluding carboxylic acids is 1. The molecule has 0 unspecified atom stereocenters. The first-order valence-corrected chi connectivity index (χ1v) is 9.08. The van der Waals surface area contributed by atoms with Crippen LogP contribution in [0.25, 0.3) is 0 Å². The fourth-order valence-electron chi connectivity index (χ4n) is 1.87. The summed E-state index contributed by atoms with van der Waals surface area (Å²) >= 11 is 0. The zero-order chi connectivity index (χ0) is 16.6. The van der Waals surface area contributed by atoms with Gasteiger partial charge < -0.3 is 15.8 Å². The molecule has 0 fully saturated rings. The quantitative estimate of drug-likeness (QED) is 0.696. The molecule has 0 aliphatic rings. The Morgan fingerprint density at radius 2 is 1.87 bits per heavy atom. The Bertz CT molecular complexity index is 574. The lowest BCUT2D eigenvalue weighted by Gasteiger charge is -2.09. The van der Waals surface area contributed by atoms with Crippen LogP contribution >= 0.6 is 12.4 Å². The molecule has 0 atom stereocenters. The SMILES string of the molecule is CC(C)CS(=O)(=O)CCC(=O)Nc1ccc(OCCN)cc1.Cl. The van der Waals surface area contributed by atoms with Crippen molar-refractivity contribution in [3.63, 3.8) is 0 Å². The molecular formula is C15H25ClN2O4S. The Morgan fingerprint density at radius 3 is 2.39 bits per heavy atom. The van der Waals surface area contributed by atoms with Crippen molar-refractivity contribution in [3.05, 3.63) is 24.3 Å². The van der Waals surface area contributed by atoms with Crippen LogP contribution < -0.4 is 15.8 Å². The molecule has 0 radical (unpaired) electrons. The Kier molecular flexibility index (Phi) is 9.87. The van der Waals surface area contributed by atoms with Gasteiger partial charge in [0, 0.05) is 18.7 Å². The largest absolute Gasteiger partial charge is 0.492 e. The van der Waals surface area contributed by atoms with E-state index < -0.39 is 9.84 Å². The molecule has 0 heterocycles. The number of ether oxygens (including phenoxy) is 1. The molecule has 132 valence electrons. The fourth-order valence-corrected chi connectivity index (χ4v) is 3.55. The zero-order valence-electron chi connectivity index (χ0n) is 13.4. The number of hydrogen-bond acceptors (Lipinski definition) is 5. The van der Waals surface area contributed by atoms with Gasteiger partial charge in [0.1, 0.15) is 12.4 Å². The lowest BCUT2D eigenvalue weighted by molar-refractivity contribution is -0.115. The van der Waals surface area contributed by atoms with E-state index in [0.29, 0.717) is 24.6 Å². The molecule has 0 aromatic heterocycles. The van der Waals surface area contributed by atoms with E-state index in [1.165, 1.54) is 0 Å². The minimum atomic E-state index is -3.18. The lowest BCUT2D eigenvalue weighted by atomic mass is 10.3. The topological polar surface area (TPSA) is 98.5 Å². The van der Waals surface area contributed by atoms with Crippen molar-refractivity contribution in [2.24, 2.45) is 11.7 Å². The van der Waals surface area contributed by atoms with Gasteiger partial charge in [-0.25, -0.2) is 8.42 Å². The summed E-state index contributed by atoms with van der Waals surface area (Å²) in [6.07, 6.45) is -0.0412. The summed E-state index contributed by atoms with van der Waals surface area (Å²) < 4.78 is 28.8. The van der Waals surface area contributed by atoms with E-state index in [-0.39, 0.29) is 42.2 Å². The first-order valence-electron chi connectivity index (χ1n) is 7.25. The molecule has 1 aromatic carbocycles. The number of amides is 1. The van der Waals surface area contributed by atoms with Gasteiger partial charge in [0.2, 0.25) is 5.91 Å². The summed E-state index contributed by atoms with van der Waals surface area (Å²) in [5.74, 6) is 0.391. The third-order valence-electron chi connectivity index (χ3n) is 2.75. The molecule has 1 aromatic rings. The number of sulfone groups is 1. The first kappa shape index (κ1) is 21.7. The third-order valence-corrected chi connectivity index (χ3v) is 4.75. The van der Waals surface area contributed by atoms with Gasteiger partial charge in [-0.15, -0.1) is 12.4 Å². The van der Waals surface area contributed by atoms with E-state index in [2.05, 4.69) is 5.32 Å². The van der Waals surface area contributed by atoms with Crippen LogP contribution in [0.3, 0.4) is 0 Å². The van der Waals surface area contributed by atoms with Crippen LogP contribution in [0.4, 0.5) is 5.69 Å². The molecule has 0 bridgehead atoms. The molecule has 1 rings (SSSR count). The standard InChI is InChI=1S/C15H24N2O4S.ClH/c1-12(2)11-22(19,20)10-7-15(18)17-13-3-5-14(6-4-13)21-9-8-16;/h3-6,12H,7-11,16H2,1-2H3,(H,17,18);1H. The average Bonchev–Trinajstić information content (AvgIpc) is 2.43. The molecule has 0 aliphatic heterocycles. The van der Waals surface area contributed by atoms with E-state index in [0.717, 1.165) is 0 Å². The molecular weight excluding hydrogens is 340 g/mol. The van der Waals surface area contributed by atoms with Gasteiger partial charge in [-0.3, -0.25) is 4.79 Å². The summed E-state index contributed by atoms with van der Waals surface area (Å²) in [6, 6.07) is 6.85. The van der Waals surface area contributed by atoms with E-state index in [1.54, 1.807) is 24.3 Å². The van der Waals surface area contributed by atoms with E-state index in [1.807, 2.05) is 13.8 Å². The molecule has 0 spiro atoms. The second-order valence-corrected chi connectivity index (χ2v) is 7.70. The molecule has 1 amide bonds. The van der Waals surface area contributed by atoms with Crippen LogP contribution in [0.1, 0.15) is 20.3 Å². The van der Waals surface area contributed by atoms with Gasteiger partial charge in [0.15, 0.2) is 9.84 Å². The number of nitrogens with two attached hydrogens (primary N) is 1. The van der Waals surface area contributed by atoms with Crippen molar-refractivity contribution >= 4 is 33.8 Å². The summed E-state index contributed by atoms with van der Waals surface area (Å²) in [5, 5.41) is 2.67. The monoisotopic (exact) mass is 364 g/mol. The number of nitrogens with one attached hydrogen (secondary N) is 1. The number of halogens is 1. The highest BCUT2D eigenvalue weighted by Crippen LogP contribution is 2.15. The Labute approximate surface area is 144 Å². The fraction of sp³-hybridized carbons (Fsp3) is 0.533. The van der Waals surface area contributed by atoms with Crippen LogP contribution in [-0.2, 0) is 14.6 Å². The molecule has 23 heavy (non-hydrogen) atoms. The van der Waals surface area contributed by atoms with Crippen molar-refractivity contribution in [3.8, 4) is 5.75 Å². The molecule has 8 heteroatoms. The highest BCUT2D eigenvalue weighted by molar-refractivity contribution is 7.91. The first-order chi connectivity index (χ1) is 10.3. The van der Waals surface area contributed by atoms with Crippen LogP contribution in [-0.4, -0.2) is 39.0 Å². The van der Waals surface area contributed by atoms with E-state index >= 15 is 0 Å². The van der Waals surface area contributed by atoms with Gasteiger partial charge in [-0.05, 0) is 30.2 Å². The predicted molar refractivity (Wildman–Crippen MR) is 95.0 cm³/mol. The van der Waals surface area contributed by atoms with Gasteiger partial charge in [0.05, 0.1) is 11.5 Å². The van der Waals surface area contributed by atoms with Crippen molar-refractivity contribution < 1.29 is 17.9 Å². The summed E-state index contributed by atoms with van der Waals surface area (Å²) in [4.78, 5) is 11.8. The minimum Gasteiger partial charge on any atom is -0.492 e. The Hall–Kier alpha value is -1.31. The predicted octanol–water partition coefficient (Wildman–Crippen LogP) is 1.85. The highest BCUT2D eigenvalue weighted by atomic mass is 35.5. The molecule has 6 nitrogen and oxygen atoms in total. The van der Waals surface area contributed by atoms with Crippen LogP contribution in [0.5, 0.6) is 5.75 Å². The summed E-state index contributed by atoms with van der Waals surface area (Å²) in [6.45, 7) is 4.54. The summed E-state index contributed by atoms with van der Waals surface area (Å²) in [7, 11) is -3.18. The van der Waals surface area contributed by atoms with Gasteiger partial charge in [-0.1, -0.05) is 13.8 Å². The summed E-state index contributed by atoms with van der Waals surface area (Å²) in [5.41, 5.74) is 5.94. The third kappa shape index (κ3) is 9.43. The second kappa shape index (κ2) is 10.5. The lowest BCUT2D eigenvalue weighted by Crippen LogP contribution is -2.20. The molecule has 0 saturated heterocycles. The Balaban J connectivity index is 0.00000484. The van der Waals surface area contributed by atoms with Crippen LogP contribution in [0.15, 0.2) is 24.3 Å². The number of rotatable bonds is 9. The maximum atomic E-state index is 11.8. The zero-order valence-corrected chi connectivity index (χ0v) is 15.1. The number of carbonyl (C=O) groups is 1. The smallest absolute Gasteiger partial charge is 0.225 e. The van der Waals surface area contributed by atoms with E-state index in [9.17, 15) is 13.2 Å². The number of benzene rings is 1. The average molecular weight is 365 g/mol. The normalized spacial score (nSPS) is 11.0. The van der Waals surface area contributed by atoms with Crippen molar-refractivity contribution in [1.29, 1.82) is 0 Å². The van der Waals surface area contributed by atoms with Crippen LogP contribution in [0, 0.1) is 5.92 Å². The van der Waals surface area contributed by atoms with Crippen LogP contribution in [0.2, 0.25) is 0 Å². The van der Waals surface area contributed by atoms with Gasteiger partial charge in [-0.2, -0.15) is 0 Å². The maximum Gasteiger partial charge on any atom is 0.225 e. The van der Waals surface area contributed by atoms with E-state index in [4.69, 9.17) is 10.5 Å². The molecule has 3 N–H and O–H groups in total. The van der Waals surface area contributed by atoms with Crippen molar-refractivity contribution in [2.45, 2.75) is 20.3 Å². The minimum absolute atomic E-state index is 0. The Morgan fingerprint density at radius 1 is 1.26 bits per heavy atom. The maximum absolute atomic E-state index is 11.8. The molecule has 0 aliphatic carbocycles. The van der Waals surface area contributed by atoms with Gasteiger partial charge in [0.25, 0.3) is 0 Å². The van der Waals surface area contributed by atoms with Gasteiger partial charge >= 0.3 is 0 Å². The second-order valence-electron chi connectivity index (χ2n) is 5.47. The van der Waals surface area contributed by atoms with Crippen molar-refractivity contribution in [1.82, 2.24) is 0 Å². The molecule has 0 saturated carbocycles. The van der Waals surface area contributed by atoms with Crippen molar-refractivity contribution in [2.75, 3.05) is 30.0 Å².